The quantitative estimate of drug-likeness (QED) is 0.719. The molecule has 2 heterocycles. The van der Waals surface area contributed by atoms with Gasteiger partial charge in [0.15, 0.2) is 6.61 Å². The molecule has 0 fully saturated rings. The minimum absolute atomic E-state index is 0.0284. The second-order valence-corrected chi connectivity index (χ2v) is 6.93. The smallest absolute Gasteiger partial charge is 0.422 e. The van der Waals surface area contributed by atoms with Gasteiger partial charge in [0, 0.05) is 24.0 Å². The lowest BCUT2D eigenvalue weighted by Gasteiger charge is -2.16. The normalized spacial score (nSPS) is 12.4. The van der Waals surface area contributed by atoms with E-state index in [0.29, 0.717) is 11.4 Å². The monoisotopic (exact) mass is 429 g/mol. The molecule has 0 aromatic carbocycles. The van der Waals surface area contributed by atoms with Crippen LogP contribution in [0.3, 0.4) is 0 Å². The van der Waals surface area contributed by atoms with E-state index in [9.17, 15) is 22.8 Å². The number of rotatable bonds is 7. The van der Waals surface area contributed by atoms with Gasteiger partial charge in [0.05, 0.1) is 11.6 Å². The number of aryl methyl sites for hydroxylation is 1. The first kappa shape index (κ1) is 22.6. The van der Waals surface area contributed by atoms with Crippen molar-refractivity contribution in [1.82, 2.24) is 15.3 Å². The molecule has 2 aromatic rings. The molecule has 2 rings (SSSR count). The lowest BCUT2D eigenvalue weighted by molar-refractivity contribution is -0.154. The number of Topliss-reactive ketones (excluding diaryl/α,β-unsaturated/α-hetero) is 1. The van der Waals surface area contributed by atoms with Crippen LogP contribution in [0, 0.1) is 6.92 Å². The molecule has 1 atom stereocenters. The van der Waals surface area contributed by atoms with E-state index in [0.717, 1.165) is 11.8 Å². The number of aromatic nitrogens is 2. The van der Waals surface area contributed by atoms with Gasteiger partial charge >= 0.3 is 6.18 Å². The third-order valence-corrected chi connectivity index (χ3v) is 4.02. The van der Waals surface area contributed by atoms with Crippen LogP contribution in [-0.4, -0.2) is 34.4 Å². The number of hydrogen-bond acceptors (Lipinski definition) is 5. The third kappa shape index (κ3) is 7.01. The van der Waals surface area contributed by atoms with Crippen LogP contribution >= 0.6 is 11.6 Å². The summed E-state index contributed by atoms with van der Waals surface area (Å²) in [5.41, 5.74) is 2.13. The molecule has 29 heavy (non-hydrogen) atoms. The maximum Gasteiger partial charge on any atom is 0.422 e. The molecule has 0 bridgehead atoms. The summed E-state index contributed by atoms with van der Waals surface area (Å²) < 4.78 is 41.2. The zero-order valence-electron chi connectivity index (χ0n) is 15.9. The van der Waals surface area contributed by atoms with Crippen molar-refractivity contribution in [2.24, 2.45) is 0 Å². The number of halogens is 4. The van der Waals surface area contributed by atoms with Gasteiger partial charge in [0.2, 0.25) is 5.88 Å². The van der Waals surface area contributed by atoms with Crippen molar-refractivity contribution < 1.29 is 27.5 Å². The molecular formula is C19H19ClF3N3O3. The van der Waals surface area contributed by atoms with Crippen LogP contribution in [0.1, 0.15) is 47.2 Å². The van der Waals surface area contributed by atoms with Crippen LogP contribution in [0.25, 0.3) is 0 Å². The van der Waals surface area contributed by atoms with E-state index in [1.807, 2.05) is 0 Å². The van der Waals surface area contributed by atoms with Crippen LogP contribution in [0.15, 0.2) is 24.4 Å². The Morgan fingerprint density at radius 3 is 2.55 bits per heavy atom. The Labute approximate surface area is 170 Å². The van der Waals surface area contributed by atoms with Crippen LogP contribution < -0.4 is 10.1 Å². The summed E-state index contributed by atoms with van der Waals surface area (Å²) in [6, 6.07) is 4.28. The van der Waals surface area contributed by atoms with Gasteiger partial charge in [-0.3, -0.25) is 14.6 Å². The van der Waals surface area contributed by atoms with Crippen molar-refractivity contribution in [3.8, 4) is 5.88 Å². The minimum atomic E-state index is -4.53. The Bertz CT molecular complexity index is 919. The Kier molecular flexibility index (Phi) is 7.18. The summed E-state index contributed by atoms with van der Waals surface area (Å²) in [4.78, 5) is 31.8. The number of pyridine rings is 2. The highest BCUT2D eigenvalue weighted by Gasteiger charge is 2.29. The molecule has 1 amide bonds. The van der Waals surface area contributed by atoms with E-state index in [1.54, 1.807) is 26.0 Å². The van der Waals surface area contributed by atoms with Gasteiger partial charge in [-0.2, -0.15) is 13.2 Å². The van der Waals surface area contributed by atoms with E-state index in [2.05, 4.69) is 20.0 Å². The van der Waals surface area contributed by atoms with Gasteiger partial charge in [0.25, 0.3) is 5.91 Å². The average Bonchev–Trinajstić information content (AvgIpc) is 2.58. The van der Waals surface area contributed by atoms with E-state index < -0.39 is 30.6 Å². The fourth-order valence-electron chi connectivity index (χ4n) is 2.53. The number of hydrogen-bond donors (Lipinski definition) is 1. The number of amides is 1. The number of ketones is 1. The zero-order chi connectivity index (χ0) is 21.8. The molecule has 10 heteroatoms. The molecule has 0 saturated heterocycles. The van der Waals surface area contributed by atoms with Crippen LogP contribution in [-0.2, 0) is 11.2 Å². The predicted octanol–water partition coefficient (Wildman–Crippen LogP) is 4.00. The molecule has 2 aromatic heterocycles. The van der Waals surface area contributed by atoms with Gasteiger partial charge in [-0.25, -0.2) is 4.98 Å². The topological polar surface area (TPSA) is 81.2 Å². The number of nitrogens with zero attached hydrogens (tertiary/aromatic N) is 2. The highest BCUT2D eigenvalue weighted by atomic mass is 35.5. The number of ether oxygens (including phenoxy) is 1. The van der Waals surface area contributed by atoms with Crippen molar-refractivity contribution in [1.29, 1.82) is 0 Å². The van der Waals surface area contributed by atoms with Crippen molar-refractivity contribution in [3.05, 3.63) is 51.9 Å². The largest absolute Gasteiger partial charge is 0.467 e. The Morgan fingerprint density at radius 1 is 1.28 bits per heavy atom. The summed E-state index contributed by atoms with van der Waals surface area (Å²) in [7, 11) is 0. The third-order valence-electron chi connectivity index (χ3n) is 3.75. The second-order valence-electron chi connectivity index (χ2n) is 6.52. The SMILES string of the molecule is CC(=O)Cc1cc(C(C)NC(=O)c2cnc(OCC(F)(F)F)c(Cl)c2)cc(C)n1. The van der Waals surface area contributed by atoms with Crippen LogP contribution in [0.2, 0.25) is 5.02 Å². The first-order chi connectivity index (χ1) is 13.4. The van der Waals surface area contributed by atoms with Gasteiger partial charge in [-0.15, -0.1) is 0 Å². The summed E-state index contributed by atoms with van der Waals surface area (Å²) in [5.74, 6) is -0.955. The van der Waals surface area contributed by atoms with Crippen LogP contribution in [0.5, 0.6) is 5.88 Å². The molecule has 6 nitrogen and oxygen atoms in total. The number of nitrogens with one attached hydrogen (secondary N) is 1. The molecule has 1 N–H and O–H groups in total. The Hall–Kier alpha value is -2.68. The zero-order valence-corrected chi connectivity index (χ0v) is 16.7. The van der Waals surface area contributed by atoms with E-state index >= 15 is 0 Å². The maximum absolute atomic E-state index is 12.5. The number of carbonyl (C=O) groups is 2. The fourth-order valence-corrected chi connectivity index (χ4v) is 2.75. The molecule has 156 valence electrons. The van der Waals surface area contributed by atoms with Gasteiger partial charge < -0.3 is 10.1 Å². The van der Waals surface area contributed by atoms with Crippen molar-refractivity contribution >= 4 is 23.3 Å². The van der Waals surface area contributed by atoms with Gasteiger partial charge in [-0.1, -0.05) is 11.6 Å². The van der Waals surface area contributed by atoms with E-state index in [1.165, 1.54) is 13.0 Å². The van der Waals surface area contributed by atoms with Crippen molar-refractivity contribution in [2.45, 2.75) is 39.4 Å². The molecular weight excluding hydrogens is 411 g/mol. The van der Waals surface area contributed by atoms with E-state index in [-0.39, 0.29) is 22.8 Å². The van der Waals surface area contributed by atoms with Crippen LogP contribution in [0.4, 0.5) is 13.2 Å². The lowest BCUT2D eigenvalue weighted by Crippen LogP contribution is -2.27. The molecule has 0 aliphatic rings. The second kappa shape index (κ2) is 9.21. The van der Waals surface area contributed by atoms with Gasteiger partial charge in [-0.05, 0) is 44.5 Å². The molecule has 0 aliphatic carbocycles. The summed E-state index contributed by atoms with van der Waals surface area (Å²) in [5, 5.41) is 2.54. The van der Waals surface area contributed by atoms with Crippen molar-refractivity contribution in [2.75, 3.05) is 6.61 Å². The first-order valence-electron chi connectivity index (χ1n) is 8.57. The Balaban J connectivity index is 2.10. The fraction of sp³-hybridized carbons (Fsp3) is 0.368. The lowest BCUT2D eigenvalue weighted by atomic mass is 10.1. The summed E-state index contributed by atoms with van der Waals surface area (Å²) in [6.07, 6.45) is -3.26. The number of carbonyl (C=O) groups excluding carboxylic acids is 2. The molecule has 1 unspecified atom stereocenters. The maximum atomic E-state index is 12.5. The van der Waals surface area contributed by atoms with E-state index in [4.69, 9.17) is 11.6 Å². The molecule has 0 spiro atoms. The van der Waals surface area contributed by atoms with Gasteiger partial charge in [0.1, 0.15) is 10.8 Å². The summed E-state index contributed by atoms with van der Waals surface area (Å²) >= 11 is 5.87. The summed E-state index contributed by atoms with van der Waals surface area (Å²) in [6.45, 7) is 3.46. The molecule has 0 aliphatic heterocycles. The molecule has 0 saturated carbocycles. The predicted molar refractivity (Wildman–Crippen MR) is 100 cm³/mol. The first-order valence-corrected chi connectivity index (χ1v) is 8.95. The van der Waals surface area contributed by atoms with Crippen molar-refractivity contribution in [3.63, 3.8) is 0 Å². The Morgan fingerprint density at radius 2 is 1.97 bits per heavy atom. The number of alkyl halides is 3. The standard InChI is InChI=1S/C19H19ClF3N3O3/c1-10-4-13(6-15(25-10)5-11(2)27)12(3)26-17(28)14-7-16(20)18(24-8-14)29-9-19(21,22)23/h4,6-8,12H,5,9H2,1-3H3,(H,26,28). The minimum Gasteiger partial charge on any atom is -0.467 e. The average molecular weight is 430 g/mol. The highest BCUT2D eigenvalue weighted by Crippen LogP contribution is 2.25. The molecule has 0 radical (unpaired) electrons. The highest BCUT2D eigenvalue weighted by molar-refractivity contribution is 6.32.